The van der Waals surface area contributed by atoms with E-state index >= 15 is 0 Å². The molecule has 98 valence electrons. The van der Waals surface area contributed by atoms with E-state index in [1.807, 2.05) is 0 Å². The lowest BCUT2D eigenvalue weighted by Gasteiger charge is -2.21. The van der Waals surface area contributed by atoms with Gasteiger partial charge in [-0.1, -0.05) is 0 Å². The fourth-order valence-corrected chi connectivity index (χ4v) is 0.915. The molecule has 0 unspecified atom stereocenters. The van der Waals surface area contributed by atoms with Crippen LogP contribution in [0.1, 0.15) is 34.6 Å². The summed E-state index contributed by atoms with van der Waals surface area (Å²) in [4.78, 5) is 33.4. The third-order valence-electron chi connectivity index (χ3n) is 1.64. The van der Waals surface area contributed by atoms with Crippen molar-refractivity contribution in [1.29, 1.82) is 0 Å². The number of rotatable bonds is 4. The molecular weight excluding hydrogens is 224 g/mol. The molecule has 0 heterocycles. The summed E-state index contributed by atoms with van der Waals surface area (Å²) in [5.41, 5.74) is -0.611. The van der Waals surface area contributed by atoms with E-state index in [4.69, 9.17) is 4.74 Å². The third-order valence-corrected chi connectivity index (χ3v) is 1.64. The van der Waals surface area contributed by atoms with Gasteiger partial charge >= 0.3 is 6.09 Å². The molecule has 0 fully saturated rings. The van der Waals surface area contributed by atoms with Gasteiger partial charge in [-0.15, -0.1) is 0 Å². The SMILES string of the molecule is CC(=O)CNC(=O)[C@H](C)NC(=O)OC(C)(C)C. The van der Waals surface area contributed by atoms with E-state index in [2.05, 4.69) is 10.6 Å². The van der Waals surface area contributed by atoms with Crippen molar-refractivity contribution in [3.05, 3.63) is 0 Å². The second-order valence-electron chi connectivity index (χ2n) is 4.79. The van der Waals surface area contributed by atoms with E-state index in [0.717, 1.165) is 0 Å². The molecule has 0 aliphatic carbocycles. The highest BCUT2D eigenvalue weighted by atomic mass is 16.6. The third kappa shape index (κ3) is 8.24. The molecule has 2 amide bonds. The Morgan fingerprint density at radius 3 is 2.18 bits per heavy atom. The molecule has 0 saturated carbocycles. The first-order valence-corrected chi connectivity index (χ1v) is 5.38. The summed E-state index contributed by atoms with van der Waals surface area (Å²) in [6.45, 7) is 8.03. The summed E-state index contributed by atoms with van der Waals surface area (Å²) in [5, 5.41) is 4.77. The molecule has 0 saturated heterocycles. The highest BCUT2D eigenvalue weighted by Crippen LogP contribution is 2.06. The molecule has 17 heavy (non-hydrogen) atoms. The van der Waals surface area contributed by atoms with E-state index < -0.39 is 23.6 Å². The molecule has 0 aromatic heterocycles. The van der Waals surface area contributed by atoms with Crippen LogP contribution in [0.25, 0.3) is 0 Å². The maximum atomic E-state index is 11.4. The molecule has 6 nitrogen and oxygen atoms in total. The molecule has 2 N–H and O–H groups in total. The standard InChI is InChI=1S/C11H20N2O4/c1-7(14)6-12-9(15)8(2)13-10(16)17-11(3,4)5/h8H,6H2,1-5H3,(H,12,15)(H,13,16)/t8-/m0/s1. The number of ketones is 1. The summed E-state index contributed by atoms with van der Waals surface area (Å²) in [6.07, 6.45) is -0.664. The van der Waals surface area contributed by atoms with Gasteiger partial charge in [-0.05, 0) is 34.6 Å². The highest BCUT2D eigenvalue weighted by Gasteiger charge is 2.20. The maximum absolute atomic E-state index is 11.4. The summed E-state index contributed by atoms with van der Waals surface area (Å²) >= 11 is 0. The first-order valence-electron chi connectivity index (χ1n) is 5.38. The van der Waals surface area contributed by atoms with Crippen LogP contribution in [0.4, 0.5) is 4.79 Å². The van der Waals surface area contributed by atoms with Crippen molar-refractivity contribution in [2.24, 2.45) is 0 Å². The lowest BCUT2D eigenvalue weighted by Crippen LogP contribution is -2.47. The quantitative estimate of drug-likeness (QED) is 0.758. The first kappa shape index (κ1) is 15.4. The molecule has 0 aliphatic heterocycles. The zero-order valence-electron chi connectivity index (χ0n) is 10.9. The second kappa shape index (κ2) is 6.22. The van der Waals surface area contributed by atoms with Crippen molar-refractivity contribution < 1.29 is 19.1 Å². The predicted octanol–water partition coefficient (Wildman–Crippen LogP) is 0.605. The van der Waals surface area contributed by atoms with Crippen LogP contribution < -0.4 is 10.6 Å². The van der Waals surface area contributed by atoms with E-state index in [0.29, 0.717) is 0 Å². The number of Topliss-reactive ketones (excluding diaryl/α,β-unsaturated/α-hetero) is 1. The summed E-state index contributed by atoms with van der Waals surface area (Å²) in [7, 11) is 0. The Kier molecular flexibility index (Phi) is 5.64. The first-order chi connectivity index (χ1) is 7.61. The van der Waals surface area contributed by atoms with Gasteiger partial charge in [-0.2, -0.15) is 0 Å². The predicted molar refractivity (Wildman–Crippen MR) is 62.5 cm³/mol. The van der Waals surface area contributed by atoms with Crippen LogP contribution in [-0.4, -0.2) is 36.0 Å². The Balaban J connectivity index is 4.08. The van der Waals surface area contributed by atoms with Gasteiger partial charge in [0.1, 0.15) is 17.4 Å². The zero-order valence-corrected chi connectivity index (χ0v) is 10.9. The molecule has 6 heteroatoms. The van der Waals surface area contributed by atoms with Crippen LogP contribution in [0.3, 0.4) is 0 Å². The van der Waals surface area contributed by atoms with Gasteiger partial charge in [0, 0.05) is 0 Å². The fraction of sp³-hybridized carbons (Fsp3) is 0.727. The Bertz CT molecular complexity index is 307. The van der Waals surface area contributed by atoms with Crippen molar-refractivity contribution in [1.82, 2.24) is 10.6 Å². The van der Waals surface area contributed by atoms with Crippen molar-refractivity contribution in [3.63, 3.8) is 0 Å². The Labute approximate surface area is 101 Å². The number of alkyl carbamates (subject to hydrolysis) is 1. The van der Waals surface area contributed by atoms with Crippen LogP contribution in [0.5, 0.6) is 0 Å². The molecule has 0 spiro atoms. The number of nitrogens with one attached hydrogen (secondary N) is 2. The minimum Gasteiger partial charge on any atom is -0.444 e. The summed E-state index contributed by atoms with van der Waals surface area (Å²) in [6, 6.07) is -0.746. The van der Waals surface area contributed by atoms with Gasteiger partial charge < -0.3 is 15.4 Å². The van der Waals surface area contributed by atoms with E-state index in [1.165, 1.54) is 13.8 Å². The number of ether oxygens (including phenoxy) is 1. The number of hydrogen-bond acceptors (Lipinski definition) is 4. The molecule has 1 atom stereocenters. The highest BCUT2D eigenvalue weighted by molar-refractivity contribution is 5.89. The van der Waals surface area contributed by atoms with Crippen molar-refractivity contribution in [2.45, 2.75) is 46.3 Å². The Hall–Kier alpha value is -1.59. The normalized spacial score (nSPS) is 12.5. The number of carbonyl (C=O) groups excluding carboxylic acids is 3. The van der Waals surface area contributed by atoms with Gasteiger partial charge in [0.05, 0.1) is 6.54 Å². The molecule has 0 aromatic rings. The lowest BCUT2D eigenvalue weighted by atomic mass is 10.2. The molecule has 0 rings (SSSR count). The molecule has 0 aliphatic rings. The van der Waals surface area contributed by atoms with E-state index in [9.17, 15) is 14.4 Å². The summed E-state index contributed by atoms with van der Waals surface area (Å²) < 4.78 is 4.99. The number of carbonyl (C=O) groups is 3. The minimum atomic E-state index is -0.746. The Morgan fingerprint density at radius 2 is 1.76 bits per heavy atom. The van der Waals surface area contributed by atoms with Crippen LogP contribution >= 0.6 is 0 Å². The van der Waals surface area contributed by atoms with Crippen LogP contribution in [0.2, 0.25) is 0 Å². The monoisotopic (exact) mass is 244 g/mol. The Morgan fingerprint density at radius 1 is 1.24 bits per heavy atom. The topological polar surface area (TPSA) is 84.5 Å². The van der Waals surface area contributed by atoms with Crippen LogP contribution in [-0.2, 0) is 14.3 Å². The molecule has 0 radical (unpaired) electrons. The fourth-order valence-electron chi connectivity index (χ4n) is 0.915. The van der Waals surface area contributed by atoms with Crippen molar-refractivity contribution in [2.75, 3.05) is 6.54 Å². The average molecular weight is 244 g/mol. The van der Waals surface area contributed by atoms with E-state index in [-0.39, 0.29) is 12.3 Å². The van der Waals surface area contributed by atoms with Crippen LogP contribution in [0.15, 0.2) is 0 Å². The average Bonchev–Trinajstić information content (AvgIpc) is 2.10. The molecular formula is C11H20N2O4. The molecule has 0 aromatic carbocycles. The zero-order chi connectivity index (χ0) is 13.6. The van der Waals surface area contributed by atoms with Crippen molar-refractivity contribution in [3.8, 4) is 0 Å². The maximum Gasteiger partial charge on any atom is 0.408 e. The number of amides is 2. The van der Waals surface area contributed by atoms with Crippen molar-refractivity contribution >= 4 is 17.8 Å². The smallest absolute Gasteiger partial charge is 0.408 e. The van der Waals surface area contributed by atoms with Gasteiger partial charge in [0.2, 0.25) is 5.91 Å². The van der Waals surface area contributed by atoms with Gasteiger partial charge in [0.25, 0.3) is 0 Å². The van der Waals surface area contributed by atoms with Gasteiger partial charge in [-0.3, -0.25) is 9.59 Å². The van der Waals surface area contributed by atoms with Gasteiger partial charge in [-0.25, -0.2) is 4.79 Å². The number of hydrogen-bond donors (Lipinski definition) is 2. The van der Waals surface area contributed by atoms with E-state index in [1.54, 1.807) is 20.8 Å². The lowest BCUT2D eigenvalue weighted by molar-refractivity contribution is -0.125. The largest absolute Gasteiger partial charge is 0.444 e. The minimum absolute atomic E-state index is 0.0425. The van der Waals surface area contributed by atoms with Crippen LogP contribution in [0, 0.1) is 0 Å². The van der Waals surface area contributed by atoms with Gasteiger partial charge in [0.15, 0.2) is 0 Å². The summed E-state index contributed by atoms with van der Waals surface area (Å²) in [5.74, 6) is -0.575. The second-order valence-corrected chi connectivity index (χ2v) is 4.79. The molecule has 0 bridgehead atoms.